The van der Waals surface area contributed by atoms with Gasteiger partial charge in [-0.2, -0.15) is 4.31 Å². The lowest BCUT2D eigenvalue weighted by Crippen LogP contribution is -2.49. The minimum atomic E-state index is -3.41. The summed E-state index contributed by atoms with van der Waals surface area (Å²) >= 11 is 0. The van der Waals surface area contributed by atoms with Crippen molar-refractivity contribution in [1.82, 2.24) is 18.8 Å². The fraction of sp³-hybridized carbons (Fsp3) is 0.458. The fourth-order valence-corrected chi connectivity index (χ4v) is 6.44. The predicted molar refractivity (Wildman–Crippen MR) is 123 cm³/mol. The number of rotatable bonds is 6. The van der Waals surface area contributed by atoms with Crippen molar-refractivity contribution in [2.75, 3.05) is 32.7 Å². The van der Waals surface area contributed by atoms with Crippen molar-refractivity contribution in [1.29, 1.82) is 0 Å². The van der Waals surface area contributed by atoms with E-state index >= 15 is 0 Å². The molecule has 0 saturated carbocycles. The lowest BCUT2D eigenvalue weighted by atomic mass is 10.1. The second kappa shape index (κ2) is 8.37. The number of pyridine rings is 1. The number of benzene rings is 1. The van der Waals surface area contributed by atoms with Gasteiger partial charge in [-0.15, -0.1) is 0 Å². The Morgan fingerprint density at radius 1 is 1.03 bits per heavy atom. The van der Waals surface area contributed by atoms with E-state index in [0.29, 0.717) is 18.0 Å². The Bertz CT molecular complexity index is 1190. The average Bonchev–Trinajstić information content (AvgIpc) is 3.42. The van der Waals surface area contributed by atoms with E-state index in [-0.39, 0.29) is 0 Å². The van der Waals surface area contributed by atoms with E-state index in [1.807, 2.05) is 24.4 Å². The second-order valence-electron chi connectivity index (χ2n) is 8.59. The molecule has 0 atom stereocenters. The zero-order chi connectivity index (χ0) is 21.4. The van der Waals surface area contributed by atoms with Crippen LogP contribution >= 0.6 is 0 Å². The van der Waals surface area contributed by atoms with Crippen LogP contribution in [0.5, 0.6) is 0 Å². The Morgan fingerprint density at radius 2 is 1.84 bits per heavy atom. The van der Waals surface area contributed by atoms with E-state index in [1.165, 1.54) is 22.1 Å². The molecule has 3 heterocycles. The third kappa shape index (κ3) is 3.90. The summed E-state index contributed by atoms with van der Waals surface area (Å²) in [4.78, 5) is 7.37. The Kier molecular flexibility index (Phi) is 5.58. The van der Waals surface area contributed by atoms with Gasteiger partial charge in [0, 0.05) is 57.0 Å². The maximum Gasteiger partial charge on any atom is 0.243 e. The molecule has 31 heavy (non-hydrogen) atoms. The number of nitrogens with zero attached hydrogens (tertiary/aromatic N) is 4. The van der Waals surface area contributed by atoms with Crippen molar-refractivity contribution in [3.05, 3.63) is 59.4 Å². The highest BCUT2D eigenvalue weighted by molar-refractivity contribution is 7.89. The third-order valence-electron chi connectivity index (χ3n) is 6.79. The first-order chi connectivity index (χ1) is 15.1. The van der Waals surface area contributed by atoms with Gasteiger partial charge in [-0.05, 0) is 73.6 Å². The maximum absolute atomic E-state index is 13.2. The van der Waals surface area contributed by atoms with E-state index in [2.05, 4.69) is 33.6 Å². The van der Waals surface area contributed by atoms with Crippen LogP contribution in [0.4, 0.5) is 0 Å². The first-order valence-electron chi connectivity index (χ1n) is 11.3. The van der Waals surface area contributed by atoms with Crippen LogP contribution in [0.15, 0.2) is 47.6 Å². The largest absolute Gasteiger partial charge is 0.333 e. The molecule has 0 unspecified atom stereocenters. The lowest BCUT2D eigenvalue weighted by molar-refractivity contribution is 0.190. The summed E-state index contributed by atoms with van der Waals surface area (Å²) in [5.74, 6) is 0. The second-order valence-corrected chi connectivity index (χ2v) is 10.5. The van der Waals surface area contributed by atoms with Gasteiger partial charge in [0.25, 0.3) is 0 Å². The molecule has 1 aromatic carbocycles. The summed E-state index contributed by atoms with van der Waals surface area (Å²) in [7, 11) is -3.41. The number of aromatic nitrogens is 2. The van der Waals surface area contributed by atoms with Crippen molar-refractivity contribution in [2.24, 2.45) is 0 Å². The monoisotopic (exact) mass is 438 g/mol. The summed E-state index contributed by atoms with van der Waals surface area (Å²) in [5, 5.41) is 1.22. The highest BCUT2D eigenvalue weighted by Gasteiger charge is 2.29. The summed E-state index contributed by atoms with van der Waals surface area (Å²) in [6.07, 6.45) is 8.21. The minimum absolute atomic E-state index is 0.460. The summed E-state index contributed by atoms with van der Waals surface area (Å²) in [6, 6.07) is 9.84. The fourth-order valence-electron chi connectivity index (χ4n) is 4.97. The molecular weight excluding hydrogens is 408 g/mol. The summed E-state index contributed by atoms with van der Waals surface area (Å²) in [5.41, 5.74) is 4.88. The molecule has 0 radical (unpaired) electrons. The molecule has 0 bridgehead atoms. The van der Waals surface area contributed by atoms with Crippen molar-refractivity contribution in [3.63, 3.8) is 0 Å². The number of hydrogen-bond acceptors (Lipinski definition) is 4. The highest BCUT2D eigenvalue weighted by atomic mass is 32.2. The van der Waals surface area contributed by atoms with Crippen LogP contribution in [0.3, 0.4) is 0 Å². The Balaban J connectivity index is 1.22. The summed E-state index contributed by atoms with van der Waals surface area (Å²) in [6.45, 7) is 6.63. The van der Waals surface area contributed by atoms with E-state index in [1.54, 1.807) is 10.4 Å². The maximum atomic E-state index is 13.2. The zero-order valence-corrected chi connectivity index (χ0v) is 18.9. The average molecular weight is 439 g/mol. The van der Waals surface area contributed by atoms with E-state index in [4.69, 9.17) is 0 Å². The number of fused-ring (bicyclic) bond motifs is 2. The highest BCUT2D eigenvalue weighted by Crippen LogP contribution is 2.27. The quantitative estimate of drug-likeness (QED) is 0.593. The van der Waals surface area contributed by atoms with Gasteiger partial charge in [0.2, 0.25) is 10.0 Å². The first kappa shape index (κ1) is 20.7. The van der Waals surface area contributed by atoms with Crippen LogP contribution in [-0.4, -0.2) is 59.9 Å². The zero-order valence-electron chi connectivity index (χ0n) is 18.1. The number of piperazine rings is 1. The van der Waals surface area contributed by atoms with Gasteiger partial charge in [0.05, 0.1) is 4.90 Å². The Hall–Kier alpha value is -2.22. The van der Waals surface area contributed by atoms with Crippen LogP contribution in [-0.2, 0) is 35.8 Å². The van der Waals surface area contributed by atoms with Crippen molar-refractivity contribution < 1.29 is 8.42 Å². The standard InChI is InChI=1S/C24H30N4O2S/c1-2-27-18-21(23-7-4-11-25-24(23)27)10-12-26-13-15-28(16-14-26)31(29,30)22-9-8-19-5-3-6-20(19)17-22/h4,7-9,11,17-18H,2-3,5-6,10,12-16H2,1H3. The number of sulfonamides is 1. The molecule has 164 valence electrons. The van der Waals surface area contributed by atoms with Gasteiger partial charge in [0.1, 0.15) is 5.65 Å². The molecule has 3 aromatic rings. The third-order valence-corrected chi connectivity index (χ3v) is 8.69. The molecule has 2 aromatic heterocycles. The van der Waals surface area contributed by atoms with Crippen molar-refractivity contribution in [2.45, 2.75) is 44.0 Å². The minimum Gasteiger partial charge on any atom is -0.333 e. The summed E-state index contributed by atoms with van der Waals surface area (Å²) < 4.78 is 30.2. The molecule has 5 rings (SSSR count). The van der Waals surface area contributed by atoms with Crippen LogP contribution < -0.4 is 0 Å². The van der Waals surface area contributed by atoms with E-state index in [9.17, 15) is 8.42 Å². The molecule has 2 aliphatic rings. The van der Waals surface area contributed by atoms with Gasteiger partial charge < -0.3 is 9.47 Å². The van der Waals surface area contributed by atoms with Crippen molar-refractivity contribution in [3.8, 4) is 0 Å². The topological polar surface area (TPSA) is 58.4 Å². The van der Waals surface area contributed by atoms with Crippen LogP contribution in [0.2, 0.25) is 0 Å². The van der Waals surface area contributed by atoms with E-state index in [0.717, 1.165) is 57.5 Å². The Morgan fingerprint density at radius 3 is 2.65 bits per heavy atom. The van der Waals surface area contributed by atoms with Gasteiger partial charge in [0.15, 0.2) is 0 Å². The van der Waals surface area contributed by atoms with Crippen molar-refractivity contribution >= 4 is 21.1 Å². The Labute approximate surface area is 184 Å². The molecular formula is C24H30N4O2S. The van der Waals surface area contributed by atoms with Crippen LogP contribution in [0.25, 0.3) is 11.0 Å². The molecule has 1 aliphatic heterocycles. The van der Waals surface area contributed by atoms with Crippen LogP contribution in [0, 0.1) is 0 Å². The first-order valence-corrected chi connectivity index (χ1v) is 12.8. The molecule has 1 saturated heterocycles. The number of hydrogen-bond donors (Lipinski definition) is 0. The van der Waals surface area contributed by atoms with Gasteiger partial charge in [-0.25, -0.2) is 13.4 Å². The predicted octanol–water partition coefficient (Wildman–Crippen LogP) is 3.09. The smallest absolute Gasteiger partial charge is 0.243 e. The molecule has 1 aliphatic carbocycles. The lowest BCUT2D eigenvalue weighted by Gasteiger charge is -2.34. The van der Waals surface area contributed by atoms with Gasteiger partial charge in [-0.1, -0.05) is 6.07 Å². The molecule has 0 amide bonds. The van der Waals surface area contributed by atoms with Crippen LogP contribution in [0.1, 0.15) is 30.0 Å². The van der Waals surface area contributed by atoms with E-state index < -0.39 is 10.0 Å². The molecule has 6 nitrogen and oxygen atoms in total. The van der Waals surface area contributed by atoms with Gasteiger partial charge in [-0.3, -0.25) is 0 Å². The SMILES string of the molecule is CCn1cc(CCN2CCN(S(=O)(=O)c3ccc4c(c3)CCC4)CC2)c2cccnc21. The molecule has 1 fully saturated rings. The molecule has 7 heteroatoms. The van der Waals surface area contributed by atoms with Gasteiger partial charge >= 0.3 is 0 Å². The molecule has 0 N–H and O–H groups in total. The normalized spacial score (nSPS) is 18.0. The molecule has 0 spiro atoms. The number of aryl methyl sites for hydroxylation is 3.